The first-order valence-electron chi connectivity index (χ1n) is 6.41. The van der Waals surface area contributed by atoms with Crippen LogP contribution in [0.15, 0.2) is 0 Å². The van der Waals surface area contributed by atoms with Crippen molar-refractivity contribution in [2.45, 2.75) is 44.7 Å². The van der Waals surface area contributed by atoms with Crippen LogP contribution in [0.1, 0.15) is 32.6 Å². The molecule has 2 rings (SSSR count). The molecule has 1 amide bonds. The quantitative estimate of drug-likeness (QED) is 0.772. The van der Waals surface area contributed by atoms with Crippen LogP contribution < -0.4 is 5.32 Å². The second-order valence-electron chi connectivity index (χ2n) is 4.76. The molecule has 2 atom stereocenters. The summed E-state index contributed by atoms with van der Waals surface area (Å²) in [6.45, 7) is 5.46. The molecule has 0 spiro atoms. The van der Waals surface area contributed by atoms with Gasteiger partial charge in [0.25, 0.3) is 0 Å². The van der Waals surface area contributed by atoms with Crippen LogP contribution in [0, 0.1) is 0 Å². The summed E-state index contributed by atoms with van der Waals surface area (Å²) in [5.41, 5.74) is 0. The van der Waals surface area contributed by atoms with Crippen molar-refractivity contribution in [3.63, 3.8) is 0 Å². The van der Waals surface area contributed by atoms with Gasteiger partial charge in [0, 0.05) is 38.2 Å². The number of hydrogen-bond acceptors (Lipinski definition) is 3. The fraction of sp³-hybridized carbons (Fsp3) is 0.917. The standard InChI is InChI=1S/C12H22N2O2/c1-2-12(15)14-6-5-10(8-14)13-11-4-3-7-16-9-11/h10-11,13H,2-9H2,1H3. The molecule has 4 nitrogen and oxygen atoms in total. The molecule has 0 aromatic heterocycles. The van der Waals surface area contributed by atoms with Gasteiger partial charge in [-0.25, -0.2) is 0 Å². The summed E-state index contributed by atoms with van der Waals surface area (Å²) < 4.78 is 5.44. The van der Waals surface area contributed by atoms with Gasteiger partial charge in [0.2, 0.25) is 5.91 Å². The van der Waals surface area contributed by atoms with Gasteiger partial charge in [0.1, 0.15) is 0 Å². The highest BCUT2D eigenvalue weighted by Gasteiger charge is 2.27. The fourth-order valence-corrected chi connectivity index (χ4v) is 2.55. The Kier molecular flexibility index (Phi) is 4.18. The van der Waals surface area contributed by atoms with Crippen molar-refractivity contribution in [2.75, 3.05) is 26.3 Å². The minimum absolute atomic E-state index is 0.282. The SMILES string of the molecule is CCC(=O)N1CCC(NC2CCCOC2)C1. The van der Waals surface area contributed by atoms with Crippen LogP contribution >= 0.6 is 0 Å². The third-order valence-electron chi connectivity index (χ3n) is 3.48. The summed E-state index contributed by atoms with van der Waals surface area (Å²) in [6.07, 6.45) is 4.07. The number of ether oxygens (including phenoxy) is 1. The predicted molar refractivity (Wildman–Crippen MR) is 62.3 cm³/mol. The third-order valence-corrected chi connectivity index (χ3v) is 3.48. The van der Waals surface area contributed by atoms with Crippen LogP contribution in [0.2, 0.25) is 0 Å². The Morgan fingerprint density at radius 2 is 2.31 bits per heavy atom. The number of hydrogen-bond donors (Lipinski definition) is 1. The van der Waals surface area contributed by atoms with Crippen molar-refractivity contribution in [1.82, 2.24) is 10.2 Å². The number of nitrogens with zero attached hydrogens (tertiary/aromatic N) is 1. The van der Waals surface area contributed by atoms with Gasteiger partial charge in [0.15, 0.2) is 0 Å². The van der Waals surface area contributed by atoms with Gasteiger partial charge >= 0.3 is 0 Å². The van der Waals surface area contributed by atoms with E-state index in [1.165, 1.54) is 6.42 Å². The van der Waals surface area contributed by atoms with Gasteiger partial charge in [-0.05, 0) is 19.3 Å². The van der Waals surface area contributed by atoms with E-state index in [4.69, 9.17) is 4.74 Å². The predicted octanol–water partition coefficient (Wildman–Crippen LogP) is 0.766. The number of likely N-dealkylation sites (tertiary alicyclic amines) is 1. The van der Waals surface area contributed by atoms with E-state index in [-0.39, 0.29) is 5.91 Å². The summed E-state index contributed by atoms with van der Waals surface area (Å²) in [6, 6.07) is 0.970. The maximum Gasteiger partial charge on any atom is 0.222 e. The van der Waals surface area contributed by atoms with Crippen molar-refractivity contribution >= 4 is 5.91 Å². The van der Waals surface area contributed by atoms with Crippen molar-refractivity contribution in [3.05, 3.63) is 0 Å². The second kappa shape index (κ2) is 5.64. The summed E-state index contributed by atoms with van der Waals surface area (Å²) >= 11 is 0. The second-order valence-corrected chi connectivity index (χ2v) is 4.76. The van der Waals surface area contributed by atoms with Gasteiger partial charge in [-0.3, -0.25) is 4.79 Å². The van der Waals surface area contributed by atoms with E-state index >= 15 is 0 Å². The van der Waals surface area contributed by atoms with E-state index in [2.05, 4.69) is 5.32 Å². The zero-order valence-corrected chi connectivity index (χ0v) is 10.1. The summed E-state index contributed by atoms with van der Waals surface area (Å²) in [5.74, 6) is 0.282. The number of carbonyl (C=O) groups is 1. The molecule has 92 valence electrons. The fourth-order valence-electron chi connectivity index (χ4n) is 2.55. The van der Waals surface area contributed by atoms with Crippen molar-refractivity contribution < 1.29 is 9.53 Å². The molecule has 0 radical (unpaired) electrons. The first-order chi connectivity index (χ1) is 7.79. The largest absolute Gasteiger partial charge is 0.380 e. The van der Waals surface area contributed by atoms with Crippen LogP contribution in [0.5, 0.6) is 0 Å². The highest BCUT2D eigenvalue weighted by Crippen LogP contribution is 2.14. The molecule has 2 aliphatic rings. The summed E-state index contributed by atoms with van der Waals surface area (Å²) in [5, 5.41) is 3.61. The Morgan fingerprint density at radius 3 is 3.00 bits per heavy atom. The summed E-state index contributed by atoms with van der Waals surface area (Å²) in [4.78, 5) is 13.5. The molecule has 2 fully saturated rings. The molecule has 2 saturated heterocycles. The molecule has 0 aromatic carbocycles. The lowest BCUT2D eigenvalue weighted by atomic mass is 10.1. The molecule has 0 saturated carbocycles. The minimum Gasteiger partial charge on any atom is -0.380 e. The van der Waals surface area contributed by atoms with Crippen LogP contribution in [0.4, 0.5) is 0 Å². The van der Waals surface area contributed by atoms with Crippen molar-refractivity contribution in [1.29, 1.82) is 0 Å². The smallest absolute Gasteiger partial charge is 0.222 e. The Balaban J connectivity index is 1.73. The average Bonchev–Trinajstić information content (AvgIpc) is 2.78. The highest BCUT2D eigenvalue weighted by molar-refractivity contribution is 5.76. The number of nitrogens with one attached hydrogen (secondary N) is 1. The number of carbonyl (C=O) groups excluding carboxylic acids is 1. The van der Waals surface area contributed by atoms with Gasteiger partial charge in [-0.1, -0.05) is 6.92 Å². The molecular weight excluding hydrogens is 204 g/mol. The molecule has 1 N–H and O–H groups in total. The van der Waals surface area contributed by atoms with Crippen molar-refractivity contribution in [2.24, 2.45) is 0 Å². The third kappa shape index (κ3) is 2.95. The Morgan fingerprint density at radius 1 is 1.44 bits per heavy atom. The van der Waals surface area contributed by atoms with Crippen LogP contribution in [0.3, 0.4) is 0 Å². The van der Waals surface area contributed by atoms with Gasteiger partial charge in [0.05, 0.1) is 6.61 Å². The van der Waals surface area contributed by atoms with E-state index in [1.807, 2.05) is 11.8 Å². The van der Waals surface area contributed by atoms with Gasteiger partial charge in [-0.15, -0.1) is 0 Å². The maximum atomic E-state index is 11.5. The maximum absolute atomic E-state index is 11.5. The molecular formula is C12H22N2O2. The van der Waals surface area contributed by atoms with E-state index in [9.17, 15) is 4.79 Å². The molecule has 2 unspecified atom stereocenters. The monoisotopic (exact) mass is 226 g/mol. The zero-order valence-electron chi connectivity index (χ0n) is 10.1. The number of amides is 1. The first kappa shape index (κ1) is 11.9. The molecule has 0 bridgehead atoms. The average molecular weight is 226 g/mol. The van der Waals surface area contributed by atoms with E-state index in [0.29, 0.717) is 18.5 Å². The van der Waals surface area contributed by atoms with Crippen molar-refractivity contribution in [3.8, 4) is 0 Å². The molecule has 2 aliphatic heterocycles. The Labute approximate surface area is 97.3 Å². The molecule has 0 aromatic rings. The zero-order chi connectivity index (χ0) is 11.4. The lowest BCUT2D eigenvalue weighted by Gasteiger charge is -2.26. The molecule has 2 heterocycles. The normalized spacial score (nSPS) is 30.7. The Hall–Kier alpha value is -0.610. The molecule has 4 heteroatoms. The number of rotatable bonds is 3. The molecule has 0 aliphatic carbocycles. The van der Waals surface area contributed by atoms with Crippen LogP contribution in [-0.4, -0.2) is 49.2 Å². The molecule has 16 heavy (non-hydrogen) atoms. The van der Waals surface area contributed by atoms with Crippen LogP contribution in [0.25, 0.3) is 0 Å². The minimum atomic E-state index is 0.282. The van der Waals surface area contributed by atoms with E-state index < -0.39 is 0 Å². The summed E-state index contributed by atoms with van der Waals surface area (Å²) in [7, 11) is 0. The van der Waals surface area contributed by atoms with Crippen LogP contribution in [-0.2, 0) is 9.53 Å². The first-order valence-corrected chi connectivity index (χ1v) is 6.41. The van der Waals surface area contributed by atoms with Gasteiger partial charge in [-0.2, -0.15) is 0 Å². The lowest BCUT2D eigenvalue weighted by Crippen LogP contribution is -2.44. The highest BCUT2D eigenvalue weighted by atomic mass is 16.5. The lowest BCUT2D eigenvalue weighted by molar-refractivity contribution is -0.129. The van der Waals surface area contributed by atoms with E-state index in [0.717, 1.165) is 39.1 Å². The Bertz CT molecular complexity index is 239. The topological polar surface area (TPSA) is 41.6 Å². The van der Waals surface area contributed by atoms with E-state index in [1.54, 1.807) is 0 Å². The van der Waals surface area contributed by atoms with Gasteiger partial charge < -0.3 is 15.0 Å².